The molecule has 0 saturated heterocycles. The normalized spacial score (nSPS) is 12.2. The number of phenolic OH excluding ortho intramolecular Hbond substituents is 1. The first-order valence-corrected chi connectivity index (χ1v) is 8.48. The number of hydrogen-bond acceptors (Lipinski definition) is 4. The molecule has 1 aromatic heterocycles. The van der Waals surface area contributed by atoms with E-state index in [9.17, 15) is 23.5 Å². The number of hydrogen-bond donors (Lipinski definition) is 3. The van der Waals surface area contributed by atoms with Crippen LogP contribution in [0.2, 0.25) is 0 Å². The highest BCUT2D eigenvalue weighted by atomic mass is 19.1. The summed E-state index contributed by atoms with van der Waals surface area (Å²) in [6, 6.07) is 7.21. The molecule has 1 atom stereocenters. The second-order valence-corrected chi connectivity index (χ2v) is 6.39. The van der Waals surface area contributed by atoms with Crippen LogP contribution in [0.3, 0.4) is 0 Å². The molecule has 28 heavy (non-hydrogen) atoms. The van der Waals surface area contributed by atoms with E-state index in [2.05, 4.69) is 5.32 Å². The lowest BCUT2D eigenvalue weighted by Gasteiger charge is -2.12. The molecule has 0 fully saturated rings. The molecule has 0 bridgehead atoms. The number of rotatable bonds is 4. The van der Waals surface area contributed by atoms with Crippen LogP contribution in [0.4, 0.5) is 8.78 Å². The van der Waals surface area contributed by atoms with E-state index < -0.39 is 41.8 Å². The van der Waals surface area contributed by atoms with E-state index in [1.54, 1.807) is 13.8 Å². The fraction of sp³-hybridized carbons (Fsp3) is 0.200. The van der Waals surface area contributed by atoms with Gasteiger partial charge in [-0.15, -0.1) is 0 Å². The monoisotopic (exact) mass is 388 g/mol. The SMILES string of the molecule is Cc1c([C@H](C)C(=O)NCO)c2cc(O)c(F)cc2n1C(=O)c1cccc(F)c1. The summed E-state index contributed by atoms with van der Waals surface area (Å²) >= 11 is 0. The molecule has 0 spiro atoms. The molecule has 0 aliphatic heterocycles. The molecule has 0 saturated carbocycles. The van der Waals surface area contributed by atoms with Crippen LogP contribution in [-0.4, -0.2) is 33.3 Å². The highest BCUT2D eigenvalue weighted by Gasteiger charge is 2.27. The van der Waals surface area contributed by atoms with Crippen molar-refractivity contribution in [3.63, 3.8) is 0 Å². The summed E-state index contributed by atoms with van der Waals surface area (Å²) in [6.45, 7) is 2.57. The van der Waals surface area contributed by atoms with Crippen molar-refractivity contribution in [1.82, 2.24) is 9.88 Å². The number of carbonyl (C=O) groups is 2. The first-order chi connectivity index (χ1) is 13.3. The number of aliphatic hydroxyl groups is 1. The number of halogens is 2. The number of amides is 1. The maximum atomic E-state index is 14.0. The number of carbonyl (C=O) groups excluding carboxylic acids is 2. The molecule has 3 aromatic rings. The lowest BCUT2D eigenvalue weighted by molar-refractivity contribution is -0.123. The van der Waals surface area contributed by atoms with Crippen molar-refractivity contribution in [3.8, 4) is 5.75 Å². The van der Waals surface area contributed by atoms with Gasteiger partial charge in [-0.3, -0.25) is 14.2 Å². The van der Waals surface area contributed by atoms with Crippen LogP contribution in [-0.2, 0) is 4.79 Å². The largest absolute Gasteiger partial charge is 0.505 e. The van der Waals surface area contributed by atoms with Crippen molar-refractivity contribution in [2.75, 3.05) is 6.73 Å². The van der Waals surface area contributed by atoms with Crippen LogP contribution in [0.15, 0.2) is 36.4 Å². The Hall–Kier alpha value is -3.26. The lowest BCUT2D eigenvalue weighted by Crippen LogP contribution is -2.29. The number of nitrogens with one attached hydrogen (secondary N) is 1. The number of fused-ring (bicyclic) bond motifs is 1. The van der Waals surface area contributed by atoms with E-state index in [1.165, 1.54) is 22.8 Å². The van der Waals surface area contributed by atoms with Crippen LogP contribution in [0.25, 0.3) is 10.9 Å². The highest BCUT2D eigenvalue weighted by molar-refractivity contribution is 6.05. The molecular weight excluding hydrogens is 370 g/mol. The smallest absolute Gasteiger partial charge is 0.262 e. The van der Waals surface area contributed by atoms with Crippen molar-refractivity contribution in [1.29, 1.82) is 0 Å². The fourth-order valence-electron chi connectivity index (χ4n) is 3.37. The molecule has 0 unspecified atom stereocenters. The van der Waals surface area contributed by atoms with Gasteiger partial charge in [-0.2, -0.15) is 0 Å². The van der Waals surface area contributed by atoms with Gasteiger partial charge in [-0.05, 0) is 43.7 Å². The van der Waals surface area contributed by atoms with Gasteiger partial charge in [-0.1, -0.05) is 6.07 Å². The van der Waals surface area contributed by atoms with Crippen molar-refractivity contribution in [2.45, 2.75) is 19.8 Å². The summed E-state index contributed by atoms with van der Waals surface area (Å²) < 4.78 is 28.8. The molecule has 2 aromatic carbocycles. The van der Waals surface area contributed by atoms with Crippen LogP contribution in [0.5, 0.6) is 5.75 Å². The van der Waals surface area contributed by atoms with Gasteiger partial charge in [0.1, 0.15) is 12.5 Å². The van der Waals surface area contributed by atoms with Gasteiger partial charge in [0.05, 0.1) is 11.4 Å². The molecule has 6 nitrogen and oxygen atoms in total. The number of aromatic nitrogens is 1. The van der Waals surface area contributed by atoms with Crippen molar-refractivity contribution < 1.29 is 28.6 Å². The first kappa shape index (κ1) is 19.5. The van der Waals surface area contributed by atoms with Gasteiger partial charge < -0.3 is 15.5 Å². The minimum absolute atomic E-state index is 0.0486. The standard InChI is InChI=1S/C20H18F2N2O4/c1-10(19(27)23-9-25)18-11(2)24(16-8-15(22)17(26)7-14(16)18)20(28)12-4-3-5-13(21)6-12/h3-8,10,25-26H,9H2,1-2H3,(H,23,27)/t10-/m0/s1. The maximum absolute atomic E-state index is 14.0. The summed E-state index contributed by atoms with van der Waals surface area (Å²) in [4.78, 5) is 25.3. The Morgan fingerprint density at radius 2 is 1.93 bits per heavy atom. The second-order valence-electron chi connectivity index (χ2n) is 6.39. The Bertz CT molecular complexity index is 1090. The molecule has 1 amide bonds. The quantitative estimate of drug-likeness (QED) is 0.600. The molecule has 3 rings (SSSR count). The van der Waals surface area contributed by atoms with Crippen molar-refractivity contribution >= 4 is 22.7 Å². The van der Waals surface area contributed by atoms with Crippen LogP contribution in [0.1, 0.15) is 34.5 Å². The Balaban J connectivity index is 2.28. The van der Waals surface area contributed by atoms with Crippen LogP contribution < -0.4 is 5.32 Å². The summed E-state index contributed by atoms with van der Waals surface area (Å²) in [5.41, 5.74) is 0.920. The fourth-order valence-corrected chi connectivity index (χ4v) is 3.37. The second kappa shape index (κ2) is 7.40. The average molecular weight is 388 g/mol. The highest BCUT2D eigenvalue weighted by Crippen LogP contribution is 2.36. The zero-order valence-corrected chi connectivity index (χ0v) is 15.2. The third-order valence-electron chi connectivity index (χ3n) is 4.68. The number of phenols is 1. The Labute approximate surface area is 159 Å². The predicted molar refractivity (Wildman–Crippen MR) is 98.1 cm³/mol. The Morgan fingerprint density at radius 3 is 2.57 bits per heavy atom. The molecule has 1 heterocycles. The molecule has 3 N–H and O–H groups in total. The van der Waals surface area contributed by atoms with E-state index in [0.29, 0.717) is 16.6 Å². The number of nitrogens with zero attached hydrogens (tertiary/aromatic N) is 1. The zero-order valence-electron chi connectivity index (χ0n) is 15.2. The van der Waals surface area contributed by atoms with Gasteiger partial charge in [0.15, 0.2) is 11.6 Å². The molecule has 8 heteroatoms. The van der Waals surface area contributed by atoms with Gasteiger partial charge in [0.2, 0.25) is 5.91 Å². The van der Waals surface area contributed by atoms with Crippen LogP contribution in [0, 0.1) is 18.6 Å². The molecule has 146 valence electrons. The van der Waals surface area contributed by atoms with E-state index >= 15 is 0 Å². The third-order valence-corrected chi connectivity index (χ3v) is 4.68. The van der Waals surface area contributed by atoms with Crippen molar-refractivity contribution in [3.05, 3.63) is 64.9 Å². The van der Waals surface area contributed by atoms with E-state index in [1.807, 2.05) is 0 Å². The molecule has 0 radical (unpaired) electrons. The first-order valence-electron chi connectivity index (χ1n) is 8.48. The summed E-state index contributed by atoms with van der Waals surface area (Å²) in [6.07, 6.45) is 0. The molecule has 0 aliphatic rings. The predicted octanol–water partition coefficient (Wildman–Crippen LogP) is 2.79. The van der Waals surface area contributed by atoms with Gasteiger partial charge >= 0.3 is 0 Å². The zero-order chi connectivity index (χ0) is 20.6. The number of benzene rings is 2. The van der Waals surface area contributed by atoms with Gasteiger partial charge in [-0.25, -0.2) is 8.78 Å². The number of aliphatic hydroxyl groups excluding tert-OH is 1. The summed E-state index contributed by atoms with van der Waals surface area (Å²) in [7, 11) is 0. The summed E-state index contributed by atoms with van der Waals surface area (Å²) in [5.74, 6) is -4.07. The van der Waals surface area contributed by atoms with E-state index in [4.69, 9.17) is 5.11 Å². The molecule has 0 aliphatic carbocycles. The maximum Gasteiger partial charge on any atom is 0.262 e. The van der Waals surface area contributed by atoms with E-state index in [-0.39, 0.29) is 11.1 Å². The van der Waals surface area contributed by atoms with Gasteiger partial charge in [0, 0.05) is 22.7 Å². The van der Waals surface area contributed by atoms with Crippen molar-refractivity contribution in [2.24, 2.45) is 0 Å². The average Bonchev–Trinajstić information content (AvgIpc) is 2.92. The minimum Gasteiger partial charge on any atom is -0.505 e. The number of aromatic hydroxyl groups is 1. The minimum atomic E-state index is -0.933. The topological polar surface area (TPSA) is 91.6 Å². The Kier molecular flexibility index (Phi) is 5.15. The molecular formula is C20H18F2N2O4. The summed E-state index contributed by atoms with van der Waals surface area (Å²) in [5, 5.41) is 21.3. The lowest BCUT2D eigenvalue weighted by atomic mass is 9.97. The van der Waals surface area contributed by atoms with E-state index in [0.717, 1.165) is 18.2 Å². The Morgan fingerprint density at radius 1 is 1.21 bits per heavy atom. The van der Waals surface area contributed by atoms with Gasteiger partial charge in [0.25, 0.3) is 5.91 Å². The van der Waals surface area contributed by atoms with Crippen LogP contribution >= 0.6 is 0 Å². The third kappa shape index (κ3) is 3.22.